The molecule has 0 bridgehead atoms. The van der Waals surface area contributed by atoms with Gasteiger partial charge in [-0.25, -0.2) is 0 Å². The number of aliphatic hydroxyl groups is 2. The largest absolute Gasteiger partial charge is 0.396 e. The maximum Gasteiger partial charge on any atom is 0.0481 e. The molecule has 0 aromatic heterocycles. The van der Waals surface area contributed by atoms with E-state index in [-0.39, 0.29) is 19.1 Å². The molecule has 0 amide bonds. The van der Waals surface area contributed by atoms with E-state index in [1.807, 2.05) is 0 Å². The third-order valence-corrected chi connectivity index (χ3v) is 3.91. The molecule has 2 nitrogen and oxygen atoms in total. The predicted molar refractivity (Wildman–Crippen MR) is 55.0 cm³/mol. The van der Waals surface area contributed by atoms with Crippen molar-refractivity contribution < 1.29 is 10.2 Å². The van der Waals surface area contributed by atoms with Gasteiger partial charge < -0.3 is 10.2 Å². The lowest BCUT2D eigenvalue weighted by Crippen LogP contribution is -2.20. The van der Waals surface area contributed by atoms with Gasteiger partial charge in [-0.15, -0.1) is 0 Å². The fourth-order valence-corrected chi connectivity index (χ4v) is 2.43. The molecule has 2 N–H and O–H groups in total. The van der Waals surface area contributed by atoms with Crippen LogP contribution in [0.2, 0.25) is 25.7 Å². The molecule has 0 aliphatic carbocycles. The second kappa shape index (κ2) is 5.73. The van der Waals surface area contributed by atoms with Gasteiger partial charge in [0, 0.05) is 27.2 Å². The molecule has 74 valence electrons. The summed E-state index contributed by atoms with van der Waals surface area (Å²) in [6.07, 6.45) is 2.12. The van der Waals surface area contributed by atoms with Gasteiger partial charge in [-0.3, -0.25) is 0 Å². The average molecular weight is 190 g/mol. The van der Waals surface area contributed by atoms with E-state index >= 15 is 0 Å². The van der Waals surface area contributed by atoms with E-state index in [0.717, 1.165) is 12.8 Å². The van der Waals surface area contributed by atoms with Crippen LogP contribution in [-0.4, -0.2) is 31.5 Å². The molecular weight excluding hydrogens is 168 g/mol. The Kier molecular flexibility index (Phi) is 5.79. The van der Waals surface area contributed by atoms with Crippen LogP contribution in [0.5, 0.6) is 0 Å². The fourth-order valence-electron chi connectivity index (χ4n) is 1.16. The van der Waals surface area contributed by atoms with Gasteiger partial charge >= 0.3 is 0 Å². The second-order valence-electron chi connectivity index (χ2n) is 4.68. The minimum Gasteiger partial charge on any atom is -0.396 e. The SMILES string of the molecule is C[Si](C)(C)CCCC(CO)CO. The van der Waals surface area contributed by atoms with Gasteiger partial charge in [0.2, 0.25) is 0 Å². The van der Waals surface area contributed by atoms with Gasteiger partial charge in [-0.05, 0) is 6.42 Å². The number of hydrogen-bond acceptors (Lipinski definition) is 2. The summed E-state index contributed by atoms with van der Waals surface area (Å²) in [5, 5.41) is 17.6. The third-order valence-electron chi connectivity index (χ3n) is 2.06. The van der Waals surface area contributed by atoms with Gasteiger partial charge in [0.05, 0.1) is 0 Å². The molecule has 0 saturated carbocycles. The van der Waals surface area contributed by atoms with Gasteiger partial charge in [0.25, 0.3) is 0 Å². The monoisotopic (exact) mass is 190 g/mol. The molecule has 0 aliphatic rings. The standard InChI is InChI=1S/C9H22O2Si/c1-12(2,3)6-4-5-9(7-10)8-11/h9-11H,4-8H2,1-3H3. The number of aliphatic hydroxyl groups excluding tert-OH is 2. The van der Waals surface area contributed by atoms with Crippen LogP contribution in [0, 0.1) is 5.92 Å². The van der Waals surface area contributed by atoms with Crippen molar-refractivity contribution in [1.82, 2.24) is 0 Å². The second-order valence-corrected chi connectivity index (χ2v) is 10.3. The molecule has 0 rings (SSSR count). The molecule has 0 atom stereocenters. The topological polar surface area (TPSA) is 40.5 Å². The Morgan fingerprint density at radius 2 is 1.58 bits per heavy atom. The first kappa shape index (κ1) is 12.1. The highest BCUT2D eigenvalue weighted by molar-refractivity contribution is 6.76. The highest BCUT2D eigenvalue weighted by Crippen LogP contribution is 2.15. The molecule has 0 spiro atoms. The van der Waals surface area contributed by atoms with Crippen LogP contribution >= 0.6 is 0 Å². The van der Waals surface area contributed by atoms with Gasteiger partial charge in [-0.1, -0.05) is 32.1 Å². The number of rotatable bonds is 6. The fraction of sp³-hybridized carbons (Fsp3) is 1.00. The van der Waals surface area contributed by atoms with Crippen molar-refractivity contribution in [3.8, 4) is 0 Å². The van der Waals surface area contributed by atoms with Gasteiger partial charge in [0.15, 0.2) is 0 Å². The minimum atomic E-state index is -0.913. The number of hydrogen-bond donors (Lipinski definition) is 2. The zero-order chi connectivity index (χ0) is 9.61. The van der Waals surface area contributed by atoms with Crippen molar-refractivity contribution >= 4 is 8.07 Å². The van der Waals surface area contributed by atoms with Crippen LogP contribution in [0.3, 0.4) is 0 Å². The van der Waals surface area contributed by atoms with E-state index in [1.54, 1.807) is 0 Å². The Balaban J connectivity index is 3.41. The van der Waals surface area contributed by atoms with Crippen molar-refractivity contribution in [2.24, 2.45) is 5.92 Å². The summed E-state index contributed by atoms with van der Waals surface area (Å²) in [4.78, 5) is 0. The highest BCUT2D eigenvalue weighted by Gasteiger charge is 2.13. The summed E-state index contributed by atoms with van der Waals surface area (Å²) in [5.74, 6) is 0.112. The third kappa shape index (κ3) is 6.82. The van der Waals surface area contributed by atoms with Crippen LogP contribution in [0.4, 0.5) is 0 Å². The normalized spacial score (nSPS) is 12.5. The average Bonchev–Trinajstić information content (AvgIpc) is 1.96. The van der Waals surface area contributed by atoms with Crippen LogP contribution < -0.4 is 0 Å². The summed E-state index contributed by atoms with van der Waals surface area (Å²) in [7, 11) is -0.913. The van der Waals surface area contributed by atoms with Crippen molar-refractivity contribution in [2.75, 3.05) is 13.2 Å². The Morgan fingerprint density at radius 3 is 1.92 bits per heavy atom. The van der Waals surface area contributed by atoms with Crippen molar-refractivity contribution in [3.63, 3.8) is 0 Å². The van der Waals surface area contributed by atoms with E-state index in [4.69, 9.17) is 10.2 Å². The summed E-state index contributed by atoms with van der Waals surface area (Å²) in [6, 6.07) is 1.30. The molecule has 0 unspecified atom stereocenters. The lowest BCUT2D eigenvalue weighted by molar-refractivity contribution is 0.143. The summed E-state index contributed by atoms with van der Waals surface area (Å²) in [6.45, 7) is 7.30. The molecule has 3 heteroatoms. The lowest BCUT2D eigenvalue weighted by atomic mass is 10.1. The molecule has 12 heavy (non-hydrogen) atoms. The van der Waals surface area contributed by atoms with E-state index in [9.17, 15) is 0 Å². The van der Waals surface area contributed by atoms with Crippen LogP contribution in [0.25, 0.3) is 0 Å². The van der Waals surface area contributed by atoms with E-state index < -0.39 is 8.07 Å². The summed E-state index contributed by atoms with van der Waals surface area (Å²) in [5.41, 5.74) is 0. The highest BCUT2D eigenvalue weighted by atomic mass is 28.3. The van der Waals surface area contributed by atoms with Crippen LogP contribution in [-0.2, 0) is 0 Å². The molecule has 0 radical (unpaired) electrons. The van der Waals surface area contributed by atoms with E-state index in [0.29, 0.717) is 0 Å². The first-order chi connectivity index (χ1) is 5.49. The quantitative estimate of drug-likeness (QED) is 0.626. The molecule has 0 fully saturated rings. The maximum atomic E-state index is 8.81. The maximum absolute atomic E-state index is 8.81. The van der Waals surface area contributed by atoms with Gasteiger partial charge in [-0.2, -0.15) is 0 Å². The molecule has 0 aromatic carbocycles. The molecule has 0 aliphatic heterocycles. The zero-order valence-electron chi connectivity index (χ0n) is 8.51. The van der Waals surface area contributed by atoms with Crippen LogP contribution in [0.15, 0.2) is 0 Å². The summed E-state index contributed by atoms with van der Waals surface area (Å²) < 4.78 is 0. The molecular formula is C9H22O2Si. The van der Waals surface area contributed by atoms with Crippen molar-refractivity contribution in [3.05, 3.63) is 0 Å². The Labute approximate surface area is 76.6 Å². The van der Waals surface area contributed by atoms with Gasteiger partial charge in [0.1, 0.15) is 0 Å². The van der Waals surface area contributed by atoms with Crippen molar-refractivity contribution in [1.29, 1.82) is 0 Å². The lowest BCUT2D eigenvalue weighted by Gasteiger charge is -2.17. The first-order valence-electron chi connectivity index (χ1n) is 4.71. The first-order valence-corrected chi connectivity index (χ1v) is 8.42. The smallest absolute Gasteiger partial charge is 0.0481 e. The Morgan fingerprint density at radius 1 is 1.08 bits per heavy atom. The van der Waals surface area contributed by atoms with E-state index in [1.165, 1.54) is 6.04 Å². The molecule has 0 saturated heterocycles. The molecule has 0 aromatic rings. The Hall–Kier alpha value is 0.137. The summed E-state index contributed by atoms with van der Waals surface area (Å²) >= 11 is 0. The Bertz CT molecular complexity index is 106. The van der Waals surface area contributed by atoms with E-state index in [2.05, 4.69) is 19.6 Å². The van der Waals surface area contributed by atoms with Crippen LogP contribution in [0.1, 0.15) is 12.8 Å². The van der Waals surface area contributed by atoms with Crippen molar-refractivity contribution in [2.45, 2.75) is 38.5 Å². The zero-order valence-corrected chi connectivity index (χ0v) is 9.51. The predicted octanol–water partition coefficient (Wildman–Crippen LogP) is 1.71. The minimum absolute atomic E-state index is 0.112. The molecule has 0 heterocycles.